The van der Waals surface area contributed by atoms with Gasteiger partial charge in [0.15, 0.2) is 5.75 Å². The van der Waals surface area contributed by atoms with Crippen LogP contribution in [0.2, 0.25) is 0 Å². The molecular weight excluding hydrogens is 345 g/mol. The highest BCUT2D eigenvalue weighted by Crippen LogP contribution is 2.36. The fourth-order valence-electron chi connectivity index (χ4n) is 2.07. The van der Waals surface area contributed by atoms with Crippen LogP contribution in [0.1, 0.15) is 11.1 Å². The van der Waals surface area contributed by atoms with E-state index in [0.29, 0.717) is 0 Å². The molecule has 0 radical (unpaired) electrons. The minimum absolute atomic E-state index is 0.00600. The molecule has 0 fully saturated rings. The van der Waals surface area contributed by atoms with Crippen molar-refractivity contribution in [2.45, 2.75) is 12.6 Å². The largest absolute Gasteiger partial charge is 0.504 e. The van der Waals surface area contributed by atoms with Gasteiger partial charge in [-0.05, 0) is 29.8 Å². The molecule has 25 heavy (non-hydrogen) atoms. The van der Waals surface area contributed by atoms with E-state index in [1.165, 1.54) is 6.07 Å². The molecule has 3 N–H and O–H groups in total. The summed E-state index contributed by atoms with van der Waals surface area (Å²) in [5.74, 6) is -2.47. The fourth-order valence-corrected chi connectivity index (χ4v) is 2.07. The number of hydrogen-bond acceptors (Lipinski definition) is 5. The Hall–Kier alpha value is -3.30. The quantitative estimate of drug-likeness (QED) is 0.442. The van der Waals surface area contributed by atoms with Crippen molar-refractivity contribution < 1.29 is 33.1 Å². The topological polar surface area (TPSA) is 113 Å². The van der Waals surface area contributed by atoms with Gasteiger partial charge in [0.2, 0.25) is 11.7 Å². The van der Waals surface area contributed by atoms with E-state index in [2.05, 4.69) is 5.32 Å². The highest BCUT2D eigenvalue weighted by Gasteiger charge is 2.30. The Balaban J connectivity index is 2.17. The van der Waals surface area contributed by atoms with Crippen LogP contribution in [0.25, 0.3) is 0 Å². The molecule has 2 rings (SSSR count). The number of phenolic OH excluding ortho intramolecular Hbond substituents is 2. The van der Waals surface area contributed by atoms with Crippen molar-refractivity contribution in [2.75, 3.05) is 5.32 Å². The summed E-state index contributed by atoms with van der Waals surface area (Å²) in [5.41, 5.74) is -1.83. The van der Waals surface area contributed by atoms with Gasteiger partial charge in [-0.25, -0.2) is 0 Å². The number of halogens is 3. The van der Waals surface area contributed by atoms with Crippen molar-refractivity contribution in [1.82, 2.24) is 0 Å². The molecule has 0 saturated heterocycles. The highest BCUT2D eigenvalue weighted by molar-refractivity contribution is 5.92. The molecule has 10 heteroatoms. The second-order valence-electron chi connectivity index (χ2n) is 5.04. The average molecular weight is 356 g/mol. The monoisotopic (exact) mass is 356 g/mol. The summed E-state index contributed by atoms with van der Waals surface area (Å²) in [5, 5.41) is 31.8. The Labute approximate surface area is 138 Å². The van der Waals surface area contributed by atoms with Gasteiger partial charge in [0, 0.05) is 11.8 Å². The second-order valence-corrected chi connectivity index (χ2v) is 5.04. The number of alkyl halides is 3. The van der Waals surface area contributed by atoms with Crippen molar-refractivity contribution in [1.29, 1.82) is 0 Å². The number of phenols is 2. The maximum Gasteiger partial charge on any atom is 0.416 e. The third kappa shape index (κ3) is 4.37. The third-order valence-corrected chi connectivity index (χ3v) is 3.16. The first-order valence-electron chi connectivity index (χ1n) is 6.74. The molecule has 0 saturated carbocycles. The average Bonchev–Trinajstić information content (AvgIpc) is 2.49. The minimum Gasteiger partial charge on any atom is -0.504 e. The van der Waals surface area contributed by atoms with Crippen LogP contribution >= 0.6 is 0 Å². The normalized spacial score (nSPS) is 11.2. The number of carbonyl (C=O) groups is 1. The van der Waals surface area contributed by atoms with Crippen LogP contribution < -0.4 is 5.32 Å². The van der Waals surface area contributed by atoms with Crippen LogP contribution in [0.15, 0.2) is 36.4 Å². The van der Waals surface area contributed by atoms with Crippen molar-refractivity contribution in [3.8, 4) is 11.5 Å². The molecule has 0 aliphatic carbocycles. The first-order valence-corrected chi connectivity index (χ1v) is 6.74. The molecule has 0 heterocycles. The van der Waals surface area contributed by atoms with E-state index in [9.17, 15) is 38.3 Å². The van der Waals surface area contributed by atoms with E-state index >= 15 is 0 Å². The summed E-state index contributed by atoms with van der Waals surface area (Å²) < 4.78 is 37.9. The third-order valence-electron chi connectivity index (χ3n) is 3.16. The lowest BCUT2D eigenvalue weighted by Crippen LogP contribution is -2.15. The molecule has 7 nitrogen and oxygen atoms in total. The Morgan fingerprint density at radius 2 is 1.88 bits per heavy atom. The zero-order valence-corrected chi connectivity index (χ0v) is 12.4. The van der Waals surface area contributed by atoms with Crippen LogP contribution in [0.4, 0.5) is 24.5 Å². The minimum atomic E-state index is -4.57. The molecule has 0 unspecified atom stereocenters. The highest BCUT2D eigenvalue weighted by atomic mass is 19.4. The zero-order valence-electron chi connectivity index (χ0n) is 12.4. The van der Waals surface area contributed by atoms with Gasteiger partial charge in [-0.15, -0.1) is 0 Å². The Kier molecular flexibility index (Phi) is 4.82. The first-order chi connectivity index (χ1) is 11.6. The van der Waals surface area contributed by atoms with Crippen LogP contribution in [-0.2, 0) is 17.4 Å². The van der Waals surface area contributed by atoms with Crippen LogP contribution in [0.5, 0.6) is 11.5 Å². The summed E-state index contributed by atoms with van der Waals surface area (Å²) in [6.07, 6.45) is -5.02. The fraction of sp³-hybridized carbons (Fsp3) is 0.133. The lowest BCUT2D eigenvalue weighted by molar-refractivity contribution is -0.386. The number of anilines is 1. The number of aromatic hydroxyl groups is 2. The number of nitrogens with zero attached hydrogens (tertiary/aromatic N) is 1. The van der Waals surface area contributed by atoms with E-state index in [-0.39, 0.29) is 11.3 Å². The Morgan fingerprint density at radius 3 is 2.48 bits per heavy atom. The van der Waals surface area contributed by atoms with Gasteiger partial charge in [0.1, 0.15) is 0 Å². The van der Waals surface area contributed by atoms with Crippen LogP contribution in [-0.4, -0.2) is 21.0 Å². The zero-order chi connectivity index (χ0) is 18.8. The number of nitrogens with one attached hydrogen (secondary N) is 1. The van der Waals surface area contributed by atoms with E-state index < -0.39 is 46.2 Å². The number of amides is 1. The lowest BCUT2D eigenvalue weighted by atomic mass is 10.1. The van der Waals surface area contributed by atoms with Gasteiger partial charge in [-0.1, -0.05) is 6.07 Å². The summed E-state index contributed by atoms with van der Waals surface area (Å²) in [6.45, 7) is 0. The molecule has 0 spiro atoms. The van der Waals surface area contributed by atoms with Gasteiger partial charge >= 0.3 is 11.9 Å². The predicted octanol–water partition coefficient (Wildman–Crippen LogP) is 3.21. The number of nitro groups is 1. The van der Waals surface area contributed by atoms with E-state index in [1.807, 2.05) is 0 Å². The summed E-state index contributed by atoms with van der Waals surface area (Å²) in [7, 11) is 0. The molecule has 132 valence electrons. The smallest absolute Gasteiger partial charge is 0.416 e. The van der Waals surface area contributed by atoms with Crippen molar-refractivity contribution in [2.24, 2.45) is 0 Å². The molecule has 0 atom stereocenters. The Morgan fingerprint density at radius 1 is 1.20 bits per heavy atom. The predicted molar refractivity (Wildman–Crippen MR) is 80.2 cm³/mol. The lowest BCUT2D eigenvalue weighted by Gasteiger charge is -2.10. The van der Waals surface area contributed by atoms with Crippen LogP contribution in [0.3, 0.4) is 0 Å². The number of carbonyl (C=O) groups excluding carboxylic acids is 1. The van der Waals surface area contributed by atoms with Gasteiger partial charge < -0.3 is 15.5 Å². The van der Waals surface area contributed by atoms with Crippen molar-refractivity contribution >= 4 is 17.3 Å². The van der Waals surface area contributed by atoms with E-state index in [0.717, 1.165) is 30.3 Å². The summed E-state index contributed by atoms with van der Waals surface area (Å²) in [4.78, 5) is 21.7. The first kappa shape index (κ1) is 18.0. The maximum absolute atomic E-state index is 12.6. The van der Waals surface area contributed by atoms with Gasteiger partial charge in [-0.3, -0.25) is 14.9 Å². The molecule has 0 aliphatic rings. The standard InChI is InChI=1S/C15H11F3N2O5/c16-15(17,18)9-2-1-3-10(7-9)19-13(22)6-8-4-11(20(24)25)14(23)12(21)5-8/h1-5,7,21,23H,6H2,(H,19,22). The molecule has 2 aromatic rings. The number of rotatable bonds is 4. The SMILES string of the molecule is O=C(Cc1cc(O)c(O)c([N+](=O)[O-])c1)Nc1cccc(C(F)(F)F)c1. The van der Waals surface area contributed by atoms with E-state index in [1.54, 1.807) is 0 Å². The maximum atomic E-state index is 12.6. The molecule has 0 aliphatic heterocycles. The number of nitro benzene ring substituents is 1. The molecule has 2 aromatic carbocycles. The number of benzene rings is 2. The molecule has 0 bridgehead atoms. The summed E-state index contributed by atoms with van der Waals surface area (Å²) in [6, 6.07) is 5.81. The van der Waals surface area contributed by atoms with Crippen LogP contribution in [0, 0.1) is 10.1 Å². The van der Waals surface area contributed by atoms with Crippen molar-refractivity contribution in [3.63, 3.8) is 0 Å². The van der Waals surface area contributed by atoms with Gasteiger partial charge in [0.05, 0.1) is 16.9 Å². The molecular formula is C15H11F3N2O5. The second kappa shape index (κ2) is 6.67. The number of hydrogen-bond donors (Lipinski definition) is 3. The molecule has 0 aromatic heterocycles. The van der Waals surface area contributed by atoms with E-state index in [4.69, 9.17) is 0 Å². The Bertz CT molecular complexity index is 836. The summed E-state index contributed by atoms with van der Waals surface area (Å²) >= 11 is 0. The molecule has 1 amide bonds. The van der Waals surface area contributed by atoms with Gasteiger partial charge in [-0.2, -0.15) is 13.2 Å². The van der Waals surface area contributed by atoms with Gasteiger partial charge in [0.25, 0.3) is 0 Å². The van der Waals surface area contributed by atoms with Crippen molar-refractivity contribution in [3.05, 3.63) is 57.6 Å².